The Hall–Kier alpha value is -3.58. The highest BCUT2D eigenvalue weighted by Crippen LogP contribution is 2.34. The van der Waals surface area contributed by atoms with E-state index in [4.69, 9.17) is 17.3 Å². The number of carbonyl (C=O) groups is 1. The Morgan fingerprint density at radius 3 is 2.51 bits per heavy atom. The smallest absolute Gasteiger partial charge is 0.384 e. The molecule has 0 bridgehead atoms. The Morgan fingerprint density at radius 2 is 1.84 bits per heavy atom. The standard InChI is InChI=1S/C27H25ClF3N5O/c1-35-10-12-36(13-11-35)17-21-5-7-22(15-23(21)27(29,30)31)34-26(37)20-6-8-24(28)19(14-20)4-2-18-3-9-25(32)33-16-18/h3,5-9,14-16H,10-13,17H2,1H3,(H2,32,33)(H,34,37). The molecule has 1 aliphatic heterocycles. The number of likely N-dealkylation sites (N-methyl/N-ethyl adjacent to an activating group) is 1. The summed E-state index contributed by atoms with van der Waals surface area (Å²) in [5.41, 5.74) is 6.25. The van der Waals surface area contributed by atoms with Gasteiger partial charge in [-0.05, 0) is 55.1 Å². The van der Waals surface area contributed by atoms with Crippen molar-refractivity contribution in [1.82, 2.24) is 14.8 Å². The van der Waals surface area contributed by atoms with Gasteiger partial charge in [0.2, 0.25) is 0 Å². The quantitative estimate of drug-likeness (QED) is 0.480. The number of nitrogens with two attached hydrogens (primary N) is 1. The van der Waals surface area contributed by atoms with Crippen LogP contribution in [0.1, 0.15) is 32.6 Å². The minimum Gasteiger partial charge on any atom is -0.384 e. The highest BCUT2D eigenvalue weighted by molar-refractivity contribution is 6.32. The molecular weight excluding hydrogens is 503 g/mol. The normalized spacial score (nSPS) is 14.6. The van der Waals surface area contributed by atoms with Crippen LogP contribution in [-0.4, -0.2) is 53.9 Å². The van der Waals surface area contributed by atoms with Gasteiger partial charge in [0, 0.05) is 61.3 Å². The average Bonchev–Trinajstić information content (AvgIpc) is 2.86. The molecule has 1 aliphatic rings. The lowest BCUT2D eigenvalue weighted by Crippen LogP contribution is -2.44. The molecular formula is C27H25ClF3N5O. The fourth-order valence-corrected chi connectivity index (χ4v) is 4.05. The number of halogens is 4. The van der Waals surface area contributed by atoms with Gasteiger partial charge in [0.1, 0.15) is 5.82 Å². The minimum absolute atomic E-state index is 0.0509. The number of nitrogen functional groups attached to an aromatic ring is 1. The molecule has 6 nitrogen and oxygen atoms in total. The summed E-state index contributed by atoms with van der Waals surface area (Å²) in [5.74, 6) is 5.57. The molecule has 2 aromatic carbocycles. The molecule has 3 N–H and O–H groups in total. The van der Waals surface area contributed by atoms with Gasteiger partial charge in [-0.3, -0.25) is 9.69 Å². The van der Waals surface area contributed by atoms with Gasteiger partial charge in [0.25, 0.3) is 5.91 Å². The van der Waals surface area contributed by atoms with Gasteiger partial charge < -0.3 is 16.0 Å². The lowest BCUT2D eigenvalue weighted by molar-refractivity contribution is -0.138. The largest absolute Gasteiger partial charge is 0.416 e. The molecule has 3 aromatic rings. The number of pyridine rings is 1. The SMILES string of the molecule is CN1CCN(Cc2ccc(NC(=O)c3ccc(Cl)c(C#Cc4ccc(N)nc4)c3)cc2C(F)(F)F)CC1. The predicted octanol–water partition coefficient (Wildman–Crippen LogP) is 4.74. The number of nitrogens with zero attached hydrogens (tertiary/aromatic N) is 3. The number of amides is 1. The first-order chi connectivity index (χ1) is 17.6. The molecule has 0 unspecified atom stereocenters. The van der Waals surface area contributed by atoms with E-state index in [-0.39, 0.29) is 23.4 Å². The summed E-state index contributed by atoms with van der Waals surface area (Å²) in [4.78, 5) is 21.0. The number of hydrogen-bond donors (Lipinski definition) is 2. The van der Waals surface area contributed by atoms with E-state index in [0.29, 0.717) is 35.1 Å². The van der Waals surface area contributed by atoms with Crippen molar-refractivity contribution in [3.8, 4) is 11.8 Å². The van der Waals surface area contributed by atoms with Crippen LogP contribution in [0.25, 0.3) is 0 Å². The van der Waals surface area contributed by atoms with Crippen LogP contribution in [0.4, 0.5) is 24.7 Å². The zero-order valence-electron chi connectivity index (χ0n) is 20.1. The number of aromatic nitrogens is 1. The van der Waals surface area contributed by atoms with Crippen LogP contribution >= 0.6 is 11.6 Å². The van der Waals surface area contributed by atoms with E-state index in [9.17, 15) is 18.0 Å². The molecule has 37 heavy (non-hydrogen) atoms. The molecule has 10 heteroatoms. The zero-order valence-corrected chi connectivity index (χ0v) is 20.8. The number of rotatable bonds is 4. The van der Waals surface area contributed by atoms with Crippen LogP contribution in [0.3, 0.4) is 0 Å². The third-order valence-corrected chi connectivity index (χ3v) is 6.35. The van der Waals surface area contributed by atoms with Crippen LogP contribution in [0, 0.1) is 11.8 Å². The summed E-state index contributed by atoms with van der Waals surface area (Å²) in [5, 5.41) is 2.89. The number of alkyl halides is 3. The fourth-order valence-electron chi connectivity index (χ4n) is 3.89. The highest BCUT2D eigenvalue weighted by Gasteiger charge is 2.34. The van der Waals surface area contributed by atoms with Crippen molar-refractivity contribution in [2.45, 2.75) is 12.7 Å². The second kappa shape index (κ2) is 11.2. The highest BCUT2D eigenvalue weighted by atomic mass is 35.5. The number of piperazine rings is 1. The van der Waals surface area contributed by atoms with Crippen molar-refractivity contribution in [3.05, 3.63) is 87.6 Å². The van der Waals surface area contributed by atoms with Crippen molar-refractivity contribution in [2.75, 3.05) is 44.3 Å². The van der Waals surface area contributed by atoms with Crippen LogP contribution < -0.4 is 11.1 Å². The molecule has 0 aliphatic carbocycles. The molecule has 1 fully saturated rings. The van der Waals surface area contributed by atoms with E-state index in [0.717, 1.165) is 19.2 Å². The van der Waals surface area contributed by atoms with Crippen molar-refractivity contribution in [2.24, 2.45) is 0 Å². The second-order valence-corrected chi connectivity index (χ2v) is 9.23. The lowest BCUT2D eigenvalue weighted by atomic mass is 10.0. The molecule has 2 heterocycles. The molecule has 0 radical (unpaired) electrons. The van der Waals surface area contributed by atoms with E-state index < -0.39 is 17.6 Å². The van der Waals surface area contributed by atoms with Crippen molar-refractivity contribution < 1.29 is 18.0 Å². The summed E-state index contributed by atoms with van der Waals surface area (Å²) < 4.78 is 41.6. The number of benzene rings is 2. The number of carbonyl (C=O) groups excluding carboxylic acids is 1. The molecule has 0 saturated carbocycles. The first-order valence-electron chi connectivity index (χ1n) is 11.5. The van der Waals surface area contributed by atoms with Gasteiger partial charge in [-0.15, -0.1) is 0 Å². The Balaban J connectivity index is 1.52. The summed E-state index contributed by atoms with van der Waals surface area (Å²) in [7, 11) is 1.99. The topological polar surface area (TPSA) is 74.5 Å². The molecule has 1 amide bonds. The Kier molecular flexibility index (Phi) is 8.03. The Labute approximate surface area is 218 Å². The van der Waals surface area contributed by atoms with Gasteiger partial charge in [-0.25, -0.2) is 4.98 Å². The van der Waals surface area contributed by atoms with E-state index >= 15 is 0 Å². The molecule has 4 rings (SSSR count). The first kappa shape index (κ1) is 26.5. The van der Waals surface area contributed by atoms with Gasteiger partial charge in [-0.1, -0.05) is 29.5 Å². The summed E-state index contributed by atoms with van der Waals surface area (Å²) in [6.45, 7) is 3.20. The maximum atomic E-state index is 13.9. The lowest BCUT2D eigenvalue weighted by Gasteiger charge is -2.33. The second-order valence-electron chi connectivity index (χ2n) is 8.82. The Bertz CT molecular complexity index is 1340. The van der Waals surface area contributed by atoms with Gasteiger partial charge in [0.15, 0.2) is 0 Å². The summed E-state index contributed by atoms with van der Waals surface area (Å²) >= 11 is 6.23. The zero-order chi connectivity index (χ0) is 26.6. The summed E-state index contributed by atoms with van der Waals surface area (Å²) in [6, 6.07) is 11.7. The molecule has 0 spiro atoms. The van der Waals surface area contributed by atoms with Crippen LogP contribution in [0.15, 0.2) is 54.7 Å². The van der Waals surface area contributed by atoms with Gasteiger partial charge in [-0.2, -0.15) is 13.2 Å². The van der Waals surface area contributed by atoms with Crippen molar-refractivity contribution in [3.63, 3.8) is 0 Å². The predicted molar refractivity (Wildman–Crippen MR) is 138 cm³/mol. The average molecular weight is 528 g/mol. The monoisotopic (exact) mass is 527 g/mol. The summed E-state index contributed by atoms with van der Waals surface area (Å²) in [6.07, 6.45) is -3.04. The van der Waals surface area contributed by atoms with Crippen LogP contribution in [0.2, 0.25) is 5.02 Å². The van der Waals surface area contributed by atoms with Gasteiger partial charge in [0.05, 0.1) is 10.6 Å². The van der Waals surface area contributed by atoms with Crippen LogP contribution in [-0.2, 0) is 12.7 Å². The van der Waals surface area contributed by atoms with Crippen molar-refractivity contribution in [1.29, 1.82) is 0 Å². The van der Waals surface area contributed by atoms with Gasteiger partial charge >= 0.3 is 6.18 Å². The van der Waals surface area contributed by atoms with Crippen molar-refractivity contribution >= 4 is 29.0 Å². The van der Waals surface area contributed by atoms with Crippen LogP contribution in [0.5, 0.6) is 0 Å². The maximum absolute atomic E-state index is 13.9. The van der Waals surface area contributed by atoms with E-state index in [1.807, 2.05) is 11.9 Å². The first-order valence-corrected chi connectivity index (χ1v) is 11.9. The Morgan fingerprint density at radius 1 is 1.08 bits per heavy atom. The molecule has 1 aromatic heterocycles. The fraction of sp³-hybridized carbons (Fsp3) is 0.259. The maximum Gasteiger partial charge on any atom is 0.416 e. The number of anilines is 2. The third-order valence-electron chi connectivity index (χ3n) is 6.02. The minimum atomic E-state index is -4.55. The number of hydrogen-bond acceptors (Lipinski definition) is 5. The molecule has 1 saturated heterocycles. The molecule has 0 atom stereocenters. The van der Waals surface area contributed by atoms with E-state index in [1.54, 1.807) is 12.1 Å². The van der Waals surface area contributed by atoms with E-state index in [2.05, 4.69) is 27.0 Å². The number of nitrogens with one attached hydrogen (secondary N) is 1. The third kappa shape index (κ3) is 7.01. The molecule has 192 valence electrons. The van der Waals surface area contributed by atoms with E-state index in [1.165, 1.54) is 36.5 Å².